The lowest BCUT2D eigenvalue weighted by atomic mass is 10.1. The average molecular weight is 559 g/mol. The van der Waals surface area contributed by atoms with Gasteiger partial charge in [-0.1, -0.05) is 29.3 Å². The van der Waals surface area contributed by atoms with Crippen LogP contribution in [0.1, 0.15) is 33.0 Å². The molecule has 0 unspecified atom stereocenters. The number of nitrogens with zero attached hydrogens (tertiary/aromatic N) is 4. The first-order valence-corrected chi connectivity index (χ1v) is 12.8. The van der Waals surface area contributed by atoms with Crippen molar-refractivity contribution in [1.29, 1.82) is 0 Å². The quantitative estimate of drug-likeness (QED) is 0.295. The van der Waals surface area contributed by atoms with Crippen molar-refractivity contribution in [1.82, 2.24) is 19.4 Å². The van der Waals surface area contributed by atoms with E-state index in [1.165, 1.54) is 6.07 Å². The van der Waals surface area contributed by atoms with Gasteiger partial charge >= 0.3 is 5.97 Å². The van der Waals surface area contributed by atoms with E-state index in [2.05, 4.69) is 9.88 Å². The van der Waals surface area contributed by atoms with Gasteiger partial charge in [-0.05, 0) is 48.4 Å². The maximum absolute atomic E-state index is 14.2. The van der Waals surface area contributed by atoms with Crippen molar-refractivity contribution in [3.05, 3.63) is 86.5 Å². The first kappa shape index (κ1) is 26.4. The predicted molar refractivity (Wildman–Crippen MR) is 141 cm³/mol. The molecule has 0 radical (unpaired) electrons. The standard InChI is InChI=1S/C27H25Cl2FN4O4/c1-37-9-8-34-24-11-17(27(35)36)3-5-22(24)31-25(34)14-33-7-6-16-10-20(29)26(32-23(16)13-33)38-15-18-2-4-19(28)12-21(18)30/h2-5,10-12H,6-9,13-15H2,1H3,(H,35,36). The molecule has 0 aliphatic carbocycles. The lowest BCUT2D eigenvalue weighted by molar-refractivity contribution is 0.0697. The van der Waals surface area contributed by atoms with Crippen LogP contribution in [0.25, 0.3) is 11.0 Å². The molecule has 5 rings (SSSR count). The molecule has 0 atom stereocenters. The summed E-state index contributed by atoms with van der Waals surface area (Å²) in [4.78, 5) is 23.2. The number of hydrogen-bond acceptors (Lipinski definition) is 6. The van der Waals surface area contributed by atoms with Crippen molar-refractivity contribution in [3.8, 4) is 5.88 Å². The topological polar surface area (TPSA) is 89.7 Å². The van der Waals surface area contributed by atoms with Gasteiger partial charge in [0.15, 0.2) is 0 Å². The fourth-order valence-corrected chi connectivity index (χ4v) is 4.94. The Morgan fingerprint density at radius 1 is 1.16 bits per heavy atom. The number of hydrogen-bond donors (Lipinski definition) is 1. The third-order valence-corrected chi connectivity index (χ3v) is 7.03. The number of carboxylic acid groups (broad SMARTS) is 1. The minimum atomic E-state index is -0.984. The van der Waals surface area contributed by atoms with E-state index in [9.17, 15) is 14.3 Å². The molecule has 1 N–H and O–H groups in total. The number of fused-ring (bicyclic) bond motifs is 2. The molecular weight excluding hydrogens is 534 g/mol. The molecule has 198 valence electrons. The molecule has 0 amide bonds. The summed E-state index contributed by atoms with van der Waals surface area (Å²) in [5.41, 5.74) is 3.92. The molecule has 0 saturated heterocycles. The number of benzene rings is 2. The normalized spacial score (nSPS) is 13.6. The summed E-state index contributed by atoms with van der Waals surface area (Å²) < 4.78 is 27.2. The molecular formula is C27H25Cl2FN4O4. The Labute approximate surface area is 228 Å². The Kier molecular flexibility index (Phi) is 7.80. The first-order valence-electron chi connectivity index (χ1n) is 12.0. The van der Waals surface area contributed by atoms with Crippen molar-refractivity contribution in [3.63, 3.8) is 0 Å². The molecule has 8 nitrogen and oxygen atoms in total. The monoisotopic (exact) mass is 558 g/mol. The number of aromatic carboxylic acids is 1. The van der Waals surface area contributed by atoms with E-state index in [1.54, 1.807) is 37.4 Å². The Balaban J connectivity index is 1.36. The molecule has 1 aliphatic heterocycles. The van der Waals surface area contributed by atoms with E-state index < -0.39 is 11.8 Å². The summed E-state index contributed by atoms with van der Waals surface area (Å²) in [6, 6.07) is 11.2. The highest BCUT2D eigenvalue weighted by Crippen LogP contribution is 2.30. The van der Waals surface area contributed by atoms with E-state index in [-0.39, 0.29) is 18.1 Å². The molecule has 2 aromatic heterocycles. The number of imidazole rings is 1. The second-order valence-electron chi connectivity index (χ2n) is 9.05. The molecule has 11 heteroatoms. The molecule has 3 heterocycles. The summed E-state index contributed by atoms with van der Waals surface area (Å²) in [6.45, 7) is 2.84. The number of pyridine rings is 1. The minimum absolute atomic E-state index is 0.0277. The summed E-state index contributed by atoms with van der Waals surface area (Å²) >= 11 is 12.3. The van der Waals surface area contributed by atoms with Crippen LogP contribution in [-0.4, -0.2) is 50.8 Å². The number of methoxy groups -OCH3 is 1. The van der Waals surface area contributed by atoms with Gasteiger partial charge in [0.05, 0.1) is 35.4 Å². The van der Waals surface area contributed by atoms with Crippen molar-refractivity contribution >= 4 is 40.2 Å². The van der Waals surface area contributed by atoms with Crippen LogP contribution in [0.2, 0.25) is 10.0 Å². The van der Waals surface area contributed by atoms with E-state index in [0.29, 0.717) is 41.8 Å². The van der Waals surface area contributed by atoms with Gasteiger partial charge in [0, 0.05) is 37.3 Å². The zero-order valence-corrected chi connectivity index (χ0v) is 22.1. The van der Waals surface area contributed by atoms with Gasteiger partial charge < -0.3 is 19.1 Å². The Morgan fingerprint density at radius 2 is 2.00 bits per heavy atom. The third-order valence-electron chi connectivity index (χ3n) is 6.52. The first-order chi connectivity index (χ1) is 18.3. The van der Waals surface area contributed by atoms with Crippen LogP contribution in [0, 0.1) is 5.82 Å². The van der Waals surface area contributed by atoms with Crippen LogP contribution in [0.3, 0.4) is 0 Å². The SMILES string of the molecule is COCCn1c(CN2CCc3cc(Cl)c(OCc4ccc(Cl)cc4F)nc3C2)nc2ccc(C(=O)O)cc21. The molecule has 2 aromatic carbocycles. The second kappa shape index (κ2) is 11.2. The van der Waals surface area contributed by atoms with Gasteiger partial charge in [-0.2, -0.15) is 0 Å². The fraction of sp³-hybridized carbons (Fsp3) is 0.296. The number of carboxylic acids is 1. The van der Waals surface area contributed by atoms with Gasteiger partial charge in [-0.25, -0.2) is 19.2 Å². The summed E-state index contributed by atoms with van der Waals surface area (Å²) in [5.74, 6) is -0.381. The second-order valence-corrected chi connectivity index (χ2v) is 9.89. The summed E-state index contributed by atoms with van der Waals surface area (Å²) in [7, 11) is 1.63. The van der Waals surface area contributed by atoms with Gasteiger partial charge in [0.1, 0.15) is 23.3 Å². The Hall–Kier alpha value is -3.24. The molecule has 4 aromatic rings. The number of ether oxygens (including phenoxy) is 2. The highest BCUT2D eigenvalue weighted by molar-refractivity contribution is 6.32. The largest absolute Gasteiger partial charge is 0.478 e. The van der Waals surface area contributed by atoms with E-state index in [1.807, 2.05) is 10.6 Å². The van der Waals surface area contributed by atoms with Crippen molar-refractivity contribution in [2.75, 3.05) is 20.3 Å². The predicted octanol–water partition coefficient (Wildman–Crippen LogP) is 5.36. The van der Waals surface area contributed by atoms with Gasteiger partial charge in [-0.15, -0.1) is 0 Å². The zero-order valence-electron chi connectivity index (χ0n) is 20.6. The van der Waals surface area contributed by atoms with Gasteiger partial charge in [0.2, 0.25) is 5.88 Å². The van der Waals surface area contributed by atoms with Gasteiger partial charge in [0.25, 0.3) is 0 Å². The Morgan fingerprint density at radius 3 is 2.76 bits per heavy atom. The van der Waals surface area contributed by atoms with E-state index in [0.717, 1.165) is 41.1 Å². The van der Waals surface area contributed by atoms with Crippen LogP contribution in [0.5, 0.6) is 5.88 Å². The van der Waals surface area contributed by atoms with Crippen molar-refractivity contribution in [2.24, 2.45) is 0 Å². The van der Waals surface area contributed by atoms with E-state index >= 15 is 0 Å². The number of rotatable bonds is 9. The van der Waals surface area contributed by atoms with Crippen LogP contribution in [0.15, 0.2) is 42.5 Å². The number of carbonyl (C=O) groups is 1. The lowest BCUT2D eigenvalue weighted by Gasteiger charge is -2.28. The number of halogens is 3. The zero-order chi connectivity index (χ0) is 26.8. The highest BCUT2D eigenvalue weighted by Gasteiger charge is 2.23. The minimum Gasteiger partial charge on any atom is -0.478 e. The maximum atomic E-state index is 14.2. The van der Waals surface area contributed by atoms with Crippen LogP contribution in [-0.2, 0) is 37.4 Å². The van der Waals surface area contributed by atoms with Crippen LogP contribution in [0.4, 0.5) is 4.39 Å². The van der Waals surface area contributed by atoms with E-state index in [4.69, 9.17) is 37.7 Å². The molecule has 0 spiro atoms. The smallest absolute Gasteiger partial charge is 0.335 e. The van der Waals surface area contributed by atoms with Crippen LogP contribution < -0.4 is 4.74 Å². The highest BCUT2D eigenvalue weighted by atomic mass is 35.5. The maximum Gasteiger partial charge on any atom is 0.335 e. The number of aromatic nitrogens is 3. The fourth-order valence-electron chi connectivity index (χ4n) is 4.55. The molecule has 0 fully saturated rings. The lowest BCUT2D eigenvalue weighted by Crippen LogP contribution is -2.32. The Bertz CT molecular complexity index is 1510. The molecule has 0 saturated carbocycles. The molecule has 1 aliphatic rings. The summed E-state index contributed by atoms with van der Waals surface area (Å²) in [6.07, 6.45) is 0.746. The van der Waals surface area contributed by atoms with Crippen molar-refractivity contribution < 1.29 is 23.8 Å². The van der Waals surface area contributed by atoms with Gasteiger partial charge in [-0.3, -0.25) is 4.90 Å². The van der Waals surface area contributed by atoms with Crippen LogP contribution >= 0.6 is 23.2 Å². The molecule has 38 heavy (non-hydrogen) atoms. The summed E-state index contributed by atoms with van der Waals surface area (Å²) in [5, 5.41) is 10.1. The average Bonchev–Trinajstić information content (AvgIpc) is 3.23. The van der Waals surface area contributed by atoms with Crippen molar-refractivity contribution in [2.45, 2.75) is 32.7 Å². The molecule has 0 bridgehead atoms. The third kappa shape index (κ3) is 5.61.